The molecule has 0 aromatic heterocycles. The minimum atomic E-state index is -0.558. The molecule has 0 aromatic rings. The normalized spacial score (nSPS) is 34.3. The molecule has 0 radical (unpaired) electrons. The second-order valence-corrected chi connectivity index (χ2v) is 3.12. The molecule has 7 heavy (non-hydrogen) atoms. The molecule has 0 aromatic carbocycles. The first kappa shape index (κ1) is 5.75. The van der Waals surface area contributed by atoms with E-state index in [1.807, 2.05) is 3.11 Å². The molecule has 0 spiro atoms. The zero-order chi connectivity index (χ0) is 5.28. The van der Waals surface area contributed by atoms with Crippen LogP contribution in [0.2, 0.25) is 0 Å². The molecule has 1 fully saturated rings. The van der Waals surface area contributed by atoms with Crippen molar-refractivity contribution < 1.29 is 4.39 Å². The van der Waals surface area contributed by atoms with Crippen molar-refractivity contribution in [1.82, 2.24) is 3.11 Å². The topological polar surface area (TPSA) is 3.24 Å². The Hall–Kier alpha value is 0.620. The molecule has 3 heteroatoms. The van der Waals surface area contributed by atoms with Gasteiger partial charge in [-0.3, -0.25) is 0 Å². The fraction of sp³-hybridized carbons (Fsp3) is 1.00. The summed E-state index contributed by atoms with van der Waals surface area (Å²) in [5, 5.41) is 0. The highest BCUT2D eigenvalue weighted by Crippen LogP contribution is 2.14. The summed E-state index contributed by atoms with van der Waals surface area (Å²) in [4.78, 5) is 0. The second kappa shape index (κ2) is 2.26. The van der Waals surface area contributed by atoms with E-state index in [-0.39, 0.29) is 0 Å². The summed E-state index contributed by atoms with van der Waals surface area (Å²) >= 11 is 2.14. The van der Waals surface area contributed by atoms with E-state index < -0.39 is 6.17 Å². The smallest absolute Gasteiger partial charge is 0.115 e. The zero-order valence-electron chi connectivity index (χ0n) is 3.90. The van der Waals surface area contributed by atoms with Crippen LogP contribution in [0.4, 0.5) is 4.39 Å². The number of alkyl halides is 1. The molecule has 1 rings (SSSR count). The molecule has 0 amide bonds. The van der Waals surface area contributed by atoms with Crippen LogP contribution in [0.15, 0.2) is 0 Å². The molecule has 1 heterocycles. The minimum absolute atomic E-state index is 0.558. The molecule has 1 aliphatic heterocycles. The standard InChI is InChI=1S/C4H7FIN/c5-4-1-2-7(6)3-4/h4H,1-3H2/t4-/m1/s1. The summed E-state index contributed by atoms with van der Waals surface area (Å²) in [6, 6.07) is 0. The summed E-state index contributed by atoms with van der Waals surface area (Å²) in [6.45, 7) is 1.54. The maximum absolute atomic E-state index is 12.1. The van der Waals surface area contributed by atoms with Gasteiger partial charge in [-0.15, -0.1) is 0 Å². The summed E-state index contributed by atoms with van der Waals surface area (Å²) in [5.74, 6) is 0. The van der Waals surface area contributed by atoms with E-state index in [2.05, 4.69) is 22.9 Å². The van der Waals surface area contributed by atoms with Crippen LogP contribution in [0.25, 0.3) is 0 Å². The number of rotatable bonds is 0. The molecular weight excluding hydrogens is 208 g/mol. The summed E-state index contributed by atoms with van der Waals surface area (Å²) in [7, 11) is 0. The van der Waals surface area contributed by atoms with Crippen molar-refractivity contribution in [3.05, 3.63) is 0 Å². The van der Waals surface area contributed by atoms with Crippen LogP contribution in [0.3, 0.4) is 0 Å². The monoisotopic (exact) mass is 215 g/mol. The Labute approximate surface area is 56.4 Å². The van der Waals surface area contributed by atoms with Crippen LogP contribution >= 0.6 is 22.9 Å². The fourth-order valence-electron chi connectivity index (χ4n) is 0.678. The van der Waals surface area contributed by atoms with Gasteiger partial charge in [0.25, 0.3) is 0 Å². The van der Waals surface area contributed by atoms with E-state index >= 15 is 0 Å². The Morgan fingerprint density at radius 3 is 2.57 bits per heavy atom. The van der Waals surface area contributed by atoms with Gasteiger partial charge in [0, 0.05) is 36.0 Å². The first-order chi connectivity index (χ1) is 3.29. The van der Waals surface area contributed by atoms with Crippen LogP contribution < -0.4 is 0 Å². The Kier molecular flexibility index (Phi) is 1.86. The van der Waals surface area contributed by atoms with Gasteiger partial charge in [-0.2, -0.15) is 0 Å². The van der Waals surface area contributed by atoms with Crippen molar-refractivity contribution in [2.24, 2.45) is 0 Å². The van der Waals surface area contributed by atoms with Crippen LogP contribution in [0, 0.1) is 0 Å². The van der Waals surface area contributed by atoms with Crippen molar-refractivity contribution in [3.63, 3.8) is 0 Å². The lowest BCUT2D eigenvalue weighted by molar-refractivity contribution is 0.352. The number of hydrogen-bond donors (Lipinski definition) is 0. The number of nitrogens with zero attached hydrogens (tertiary/aromatic N) is 1. The predicted molar refractivity (Wildman–Crippen MR) is 35.1 cm³/mol. The molecule has 0 aliphatic carbocycles. The Bertz CT molecular complexity index is 60.7. The van der Waals surface area contributed by atoms with Crippen LogP contribution in [-0.2, 0) is 0 Å². The molecule has 1 saturated heterocycles. The van der Waals surface area contributed by atoms with E-state index in [0.717, 1.165) is 13.0 Å². The Morgan fingerprint density at radius 1 is 1.71 bits per heavy atom. The molecule has 1 atom stereocenters. The average molecular weight is 215 g/mol. The SMILES string of the molecule is F[C@@H]1CCN(I)C1. The number of halogens is 2. The largest absolute Gasteiger partial charge is 0.246 e. The fourth-order valence-corrected chi connectivity index (χ4v) is 1.38. The highest BCUT2D eigenvalue weighted by atomic mass is 127. The highest BCUT2D eigenvalue weighted by molar-refractivity contribution is 14.1. The quantitative estimate of drug-likeness (QED) is 0.435. The maximum Gasteiger partial charge on any atom is 0.115 e. The van der Waals surface area contributed by atoms with Crippen LogP contribution in [0.1, 0.15) is 6.42 Å². The minimum Gasteiger partial charge on any atom is -0.246 e. The van der Waals surface area contributed by atoms with Crippen molar-refractivity contribution in [1.29, 1.82) is 0 Å². The van der Waals surface area contributed by atoms with Crippen LogP contribution in [-0.4, -0.2) is 22.4 Å². The molecule has 0 saturated carbocycles. The lowest BCUT2D eigenvalue weighted by atomic mass is 10.4. The molecule has 42 valence electrons. The van der Waals surface area contributed by atoms with Gasteiger partial charge in [0.2, 0.25) is 0 Å². The molecule has 0 bridgehead atoms. The molecule has 0 N–H and O–H groups in total. The third-order valence-electron chi connectivity index (χ3n) is 1.08. The first-order valence-electron chi connectivity index (χ1n) is 2.34. The third-order valence-corrected chi connectivity index (χ3v) is 1.96. The molecule has 0 unspecified atom stereocenters. The van der Waals surface area contributed by atoms with Gasteiger partial charge in [0.05, 0.1) is 0 Å². The molecule has 1 nitrogen and oxygen atoms in total. The Balaban J connectivity index is 2.26. The molecule has 1 aliphatic rings. The van der Waals surface area contributed by atoms with Crippen molar-refractivity contribution >= 4 is 22.9 Å². The zero-order valence-corrected chi connectivity index (χ0v) is 6.06. The van der Waals surface area contributed by atoms with E-state index in [4.69, 9.17) is 0 Å². The van der Waals surface area contributed by atoms with Crippen molar-refractivity contribution in [2.75, 3.05) is 13.1 Å². The summed E-state index contributed by atoms with van der Waals surface area (Å²) in [5.41, 5.74) is 0. The number of hydrogen-bond acceptors (Lipinski definition) is 1. The van der Waals surface area contributed by atoms with Gasteiger partial charge in [-0.25, -0.2) is 7.50 Å². The lowest BCUT2D eigenvalue weighted by Crippen LogP contribution is -2.06. The van der Waals surface area contributed by atoms with Crippen molar-refractivity contribution in [3.8, 4) is 0 Å². The van der Waals surface area contributed by atoms with Gasteiger partial charge < -0.3 is 0 Å². The van der Waals surface area contributed by atoms with E-state index in [0.29, 0.717) is 6.54 Å². The van der Waals surface area contributed by atoms with Crippen molar-refractivity contribution in [2.45, 2.75) is 12.6 Å². The average Bonchev–Trinajstić information content (AvgIpc) is 1.87. The van der Waals surface area contributed by atoms with E-state index in [9.17, 15) is 4.39 Å². The summed E-state index contributed by atoms with van der Waals surface area (Å²) in [6.07, 6.45) is 0.167. The first-order valence-corrected chi connectivity index (χ1v) is 3.30. The van der Waals surface area contributed by atoms with Gasteiger partial charge in [0.1, 0.15) is 6.17 Å². The van der Waals surface area contributed by atoms with Gasteiger partial charge >= 0.3 is 0 Å². The second-order valence-electron chi connectivity index (χ2n) is 1.75. The van der Waals surface area contributed by atoms with E-state index in [1.54, 1.807) is 0 Å². The lowest BCUT2D eigenvalue weighted by Gasteiger charge is -1.98. The summed E-state index contributed by atoms with van der Waals surface area (Å²) < 4.78 is 14.1. The maximum atomic E-state index is 12.1. The van der Waals surface area contributed by atoms with E-state index in [1.165, 1.54) is 0 Å². The van der Waals surface area contributed by atoms with Crippen LogP contribution in [0.5, 0.6) is 0 Å². The highest BCUT2D eigenvalue weighted by Gasteiger charge is 2.18. The molecular formula is C4H7FIN. The third kappa shape index (κ3) is 1.53. The van der Waals surface area contributed by atoms with Gasteiger partial charge in [-0.1, -0.05) is 0 Å². The predicted octanol–water partition coefficient (Wildman–Crippen LogP) is 1.38. The Morgan fingerprint density at radius 2 is 2.43 bits per heavy atom. The van der Waals surface area contributed by atoms with Gasteiger partial charge in [0.15, 0.2) is 0 Å². The van der Waals surface area contributed by atoms with Gasteiger partial charge in [-0.05, 0) is 6.42 Å².